The molecule has 0 spiro atoms. The van der Waals surface area contributed by atoms with Crippen molar-refractivity contribution in [3.63, 3.8) is 0 Å². The summed E-state index contributed by atoms with van der Waals surface area (Å²) in [6, 6.07) is 0.761. The van der Waals surface area contributed by atoms with E-state index in [1.165, 1.54) is 19.3 Å². The Labute approximate surface area is 54.8 Å². The number of nitrogens with zero attached hydrogens (tertiary/aromatic N) is 1. The van der Waals surface area contributed by atoms with Crippen molar-refractivity contribution in [3.05, 3.63) is 0 Å². The second kappa shape index (κ2) is 1.94. The number of likely N-dealkylation sites (tertiary alicyclic amines) is 1. The van der Waals surface area contributed by atoms with Gasteiger partial charge in [0.1, 0.15) is 6.17 Å². The van der Waals surface area contributed by atoms with Gasteiger partial charge in [-0.25, -0.2) is 4.39 Å². The summed E-state index contributed by atoms with van der Waals surface area (Å²) in [7, 11) is 0. The van der Waals surface area contributed by atoms with Crippen LogP contribution in [0.2, 0.25) is 0 Å². The molecule has 1 aliphatic heterocycles. The minimum atomic E-state index is -0.509. The van der Waals surface area contributed by atoms with E-state index in [-0.39, 0.29) is 0 Å². The van der Waals surface area contributed by atoms with Gasteiger partial charge in [-0.15, -0.1) is 0 Å². The minimum absolute atomic E-state index is 0.509. The molecule has 9 heavy (non-hydrogen) atoms. The van der Waals surface area contributed by atoms with Crippen LogP contribution in [-0.4, -0.2) is 30.2 Å². The fourth-order valence-corrected chi connectivity index (χ4v) is 1.51. The molecule has 2 fully saturated rings. The van der Waals surface area contributed by atoms with E-state index in [9.17, 15) is 4.39 Å². The second-order valence-corrected chi connectivity index (χ2v) is 3.14. The van der Waals surface area contributed by atoms with Gasteiger partial charge in [0.05, 0.1) is 0 Å². The number of hydrogen-bond donors (Lipinski definition) is 0. The molecule has 0 atom stereocenters. The first kappa shape index (κ1) is 5.66. The Hall–Kier alpha value is -0.110. The Morgan fingerprint density at radius 2 is 1.89 bits per heavy atom. The molecule has 0 aromatic carbocycles. The van der Waals surface area contributed by atoms with Crippen LogP contribution in [0.4, 0.5) is 4.39 Å². The highest BCUT2D eigenvalue weighted by Crippen LogP contribution is 2.28. The quantitative estimate of drug-likeness (QED) is 0.514. The van der Waals surface area contributed by atoms with Gasteiger partial charge in [0.25, 0.3) is 0 Å². The van der Waals surface area contributed by atoms with Crippen molar-refractivity contribution in [2.45, 2.75) is 31.5 Å². The standard InChI is InChI=1S/C7H12FN/c8-6-4-9(5-6)7-2-1-3-7/h6-7H,1-5H2. The van der Waals surface area contributed by atoms with Crippen LogP contribution in [-0.2, 0) is 0 Å². The first-order valence-corrected chi connectivity index (χ1v) is 3.74. The average molecular weight is 129 g/mol. The Bertz CT molecular complexity index is 105. The van der Waals surface area contributed by atoms with Gasteiger partial charge in [-0.3, -0.25) is 4.90 Å². The molecule has 52 valence electrons. The van der Waals surface area contributed by atoms with Gasteiger partial charge in [0, 0.05) is 19.1 Å². The average Bonchev–Trinajstić information content (AvgIpc) is 1.57. The van der Waals surface area contributed by atoms with Gasteiger partial charge in [-0.2, -0.15) is 0 Å². The molecular weight excluding hydrogens is 117 g/mol. The smallest absolute Gasteiger partial charge is 0.125 e. The lowest BCUT2D eigenvalue weighted by molar-refractivity contribution is -0.00130. The summed E-state index contributed by atoms with van der Waals surface area (Å²) in [5.41, 5.74) is 0. The third kappa shape index (κ3) is 0.855. The molecule has 2 heteroatoms. The highest BCUT2D eigenvalue weighted by molar-refractivity contribution is 4.89. The summed E-state index contributed by atoms with van der Waals surface area (Å²) < 4.78 is 12.2. The predicted octanol–water partition coefficient (Wildman–Crippen LogP) is 1.19. The van der Waals surface area contributed by atoms with Gasteiger partial charge in [-0.1, -0.05) is 6.42 Å². The second-order valence-electron chi connectivity index (χ2n) is 3.14. The van der Waals surface area contributed by atoms with Gasteiger partial charge < -0.3 is 0 Å². The normalized spacial score (nSPS) is 31.7. The molecule has 2 aliphatic rings. The zero-order valence-corrected chi connectivity index (χ0v) is 5.52. The summed E-state index contributed by atoms with van der Waals surface area (Å²) in [6.45, 7) is 1.43. The summed E-state index contributed by atoms with van der Waals surface area (Å²) >= 11 is 0. The molecule has 1 nitrogen and oxygen atoms in total. The first-order valence-electron chi connectivity index (χ1n) is 3.74. The van der Waals surface area contributed by atoms with Crippen molar-refractivity contribution in [3.8, 4) is 0 Å². The zero-order chi connectivity index (χ0) is 6.27. The van der Waals surface area contributed by atoms with E-state index in [0.717, 1.165) is 6.04 Å². The van der Waals surface area contributed by atoms with Gasteiger partial charge in [0.15, 0.2) is 0 Å². The lowest BCUT2D eigenvalue weighted by Crippen LogP contribution is -2.55. The molecule has 1 saturated carbocycles. The molecule has 0 aromatic heterocycles. The molecule has 0 N–H and O–H groups in total. The molecule has 0 radical (unpaired) electrons. The highest BCUT2D eigenvalue weighted by Gasteiger charge is 2.34. The molecule has 1 aliphatic carbocycles. The van der Waals surface area contributed by atoms with Crippen LogP contribution in [0, 0.1) is 0 Å². The maximum Gasteiger partial charge on any atom is 0.125 e. The van der Waals surface area contributed by atoms with E-state index in [1.54, 1.807) is 0 Å². The van der Waals surface area contributed by atoms with Crippen LogP contribution in [0.1, 0.15) is 19.3 Å². The zero-order valence-electron chi connectivity index (χ0n) is 5.52. The monoisotopic (exact) mass is 129 g/mol. The lowest BCUT2D eigenvalue weighted by atomic mass is 9.89. The summed E-state index contributed by atoms with van der Waals surface area (Å²) in [4.78, 5) is 2.26. The van der Waals surface area contributed by atoms with Crippen molar-refractivity contribution >= 4 is 0 Å². The summed E-state index contributed by atoms with van der Waals surface area (Å²) in [5, 5.41) is 0. The van der Waals surface area contributed by atoms with Crippen molar-refractivity contribution in [2.75, 3.05) is 13.1 Å². The number of hydrogen-bond acceptors (Lipinski definition) is 1. The first-order chi connectivity index (χ1) is 4.36. The predicted molar refractivity (Wildman–Crippen MR) is 34.1 cm³/mol. The van der Waals surface area contributed by atoms with Crippen LogP contribution in [0.25, 0.3) is 0 Å². The molecular formula is C7H12FN. The number of halogens is 1. The SMILES string of the molecule is FC1CN(C2CCC2)C1. The van der Waals surface area contributed by atoms with Crippen LogP contribution in [0.5, 0.6) is 0 Å². The number of alkyl halides is 1. The summed E-state index contributed by atoms with van der Waals surface area (Å²) in [5.74, 6) is 0. The van der Waals surface area contributed by atoms with Crippen LogP contribution in [0.3, 0.4) is 0 Å². The topological polar surface area (TPSA) is 3.24 Å². The van der Waals surface area contributed by atoms with Gasteiger partial charge in [0.2, 0.25) is 0 Å². The molecule has 0 aromatic rings. The van der Waals surface area contributed by atoms with E-state index in [1.807, 2.05) is 0 Å². The molecule has 0 unspecified atom stereocenters. The summed E-state index contributed by atoms with van der Waals surface area (Å²) in [6.07, 6.45) is 3.47. The van der Waals surface area contributed by atoms with Crippen molar-refractivity contribution in [1.82, 2.24) is 4.90 Å². The molecule has 2 rings (SSSR count). The van der Waals surface area contributed by atoms with Crippen LogP contribution >= 0.6 is 0 Å². The molecule has 0 bridgehead atoms. The van der Waals surface area contributed by atoms with Crippen molar-refractivity contribution < 1.29 is 4.39 Å². The highest BCUT2D eigenvalue weighted by atomic mass is 19.1. The van der Waals surface area contributed by atoms with Crippen LogP contribution < -0.4 is 0 Å². The molecule has 1 saturated heterocycles. The fourth-order valence-electron chi connectivity index (χ4n) is 1.51. The van der Waals surface area contributed by atoms with Crippen molar-refractivity contribution in [2.24, 2.45) is 0 Å². The lowest BCUT2D eigenvalue weighted by Gasteiger charge is -2.44. The Balaban J connectivity index is 1.75. The van der Waals surface area contributed by atoms with E-state index in [0.29, 0.717) is 13.1 Å². The molecule has 0 amide bonds. The number of rotatable bonds is 1. The van der Waals surface area contributed by atoms with E-state index in [4.69, 9.17) is 0 Å². The van der Waals surface area contributed by atoms with Crippen molar-refractivity contribution in [1.29, 1.82) is 0 Å². The maximum absolute atomic E-state index is 12.2. The molecule has 1 heterocycles. The Kier molecular flexibility index (Phi) is 1.22. The Morgan fingerprint density at radius 3 is 2.22 bits per heavy atom. The maximum atomic E-state index is 12.2. The van der Waals surface area contributed by atoms with E-state index < -0.39 is 6.17 Å². The largest absolute Gasteiger partial charge is 0.295 e. The van der Waals surface area contributed by atoms with Gasteiger partial charge in [-0.05, 0) is 12.8 Å². The van der Waals surface area contributed by atoms with Crippen LogP contribution in [0.15, 0.2) is 0 Å². The van der Waals surface area contributed by atoms with Gasteiger partial charge >= 0.3 is 0 Å². The Morgan fingerprint density at radius 1 is 1.22 bits per heavy atom. The third-order valence-electron chi connectivity index (χ3n) is 2.46. The third-order valence-corrected chi connectivity index (χ3v) is 2.46. The minimum Gasteiger partial charge on any atom is -0.295 e. The van der Waals surface area contributed by atoms with E-state index in [2.05, 4.69) is 4.90 Å². The fraction of sp³-hybridized carbons (Fsp3) is 1.00. The van der Waals surface area contributed by atoms with E-state index >= 15 is 0 Å².